The zero-order valence-electron chi connectivity index (χ0n) is 12.1. The maximum Gasteiger partial charge on any atom is 0.186 e. The average Bonchev–Trinajstić information content (AvgIpc) is 2.24. The second kappa shape index (κ2) is 6.16. The monoisotopic (exact) mass is 251 g/mol. The summed E-state index contributed by atoms with van der Waals surface area (Å²) in [6.07, 6.45) is 1.79. The third-order valence-corrected chi connectivity index (χ3v) is 2.72. The quantitative estimate of drug-likeness (QED) is 0.744. The highest BCUT2D eigenvalue weighted by Gasteiger charge is 2.11. The standard InChI is InChI=1S/C14H25N3O/c1-10-6-13(18)12(8-15-10)9-16-11(2)7-17-14(3,4)5/h6,8,11,16-17H,7,9H2,1-5H3,(H,15,18). The number of rotatable bonds is 5. The second-order valence-corrected chi connectivity index (χ2v) is 5.92. The molecule has 0 saturated carbocycles. The third kappa shape index (κ3) is 5.47. The Balaban J connectivity index is 2.43. The van der Waals surface area contributed by atoms with Gasteiger partial charge in [-0.2, -0.15) is 0 Å². The van der Waals surface area contributed by atoms with Crippen LogP contribution in [0.15, 0.2) is 17.1 Å². The van der Waals surface area contributed by atoms with Gasteiger partial charge in [-0.25, -0.2) is 0 Å². The smallest absolute Gasteiger partial charge is 0.186 e. The molecule has 0 amide bonds. The first-order valence-corrected chi connectivity index (χ1v) is 6.44. The van der Waals surface area contributed by atoms with Gasteiger partial charge in [-0.3, -0.25) is 4.79 Å². The molecule has 0 bridgehead atoms. The summed E-state index contributed by atoms with van der Waals surface area (Å²) in [6, 6.07) is 1.96. The van der Waals surface area contributed by atoms with E-state index in [1.165, 1.54) is 0 Å². The predicted molar refractivity (Wildman–Crippen MR) is 75.9 cm³/mol. The highest BCUT2D eigenvalue weighted by molar-refractivity contribution is 5.13. The van der Waals surface area contributed by atoms with Crippen LogP contribution in [-0.2, 0) is 6.54 Å². The first-order valence-electron chi connectivity index (χ1n) is 6.44. The molecule has 1 aromatic heterocycles. The molecule has 1 heterocycles. The largest absolute Gasteiger partial charge is 0.365 e. The number of H-pyrrole nitrogens is 1. The molecule has 4 nitrogen and oxygen atoms in total. The van der Waals surface area contributed by atoms with Crippen molar-refractivity contribution >= 4 is 0 Å². The lowest BCUT2D eigenvalue weighted by Gasteiger charge is -2.24. The SMILES string of the molecule is Cc1cc(=O)c(CNC(C)CNC(C)(C)C)c[nH]1. The van der Waals surface area contributed by atoms with Crippen LogP contribution >= 0.6 is 0 Å². The van der Waals surface area contributed by atoms with E-state index in [2.05, 4.69) is 43.3 Å². The molecule has 1 rings (SSSR count). The fourth-order valence-electron chi connectivity index (χ4n) is 1.56. The van der Waals surface area contributed by atoms with Gasteiger partial charge in [-0.15, -0.1) is 0 Å². The molecule has 0 spiro atoms. The van der Waals surface area contributed by atoms with Gasteiger partial charge in [0.1, 0.15) is 0 Å². The number of hydrogen-bond acceptors (Lipinski definition) is 3. The van der Waals surface area contributed by atoms with Crippen molar-refractivity contribution in [2.45, 2.75) is 52.7 Å². The number of pyridine rings is 1. The van der Waals surface area contributed by atoms with Crippen LogP contribution in [0.25, 0.3) is 0 Å². The first-order chi connectivity index (χ1) is 8.28. The summed E-state index contributed by atoms with van der Waals surface area (Å²) in [5.74, 6) is 0. The molecule has 3 N–H and O–H groups in total. The van der Waals surface area contributed by atoms with Crippen molar-refractivity contribution in [1.29, 1.82) is 0 Å². The lowest BCUT2D eigenvalue weighted by molar-refractivity contribution is 0.387. The molecule has 0 aliphatic carbocycles. The first kappa shape index (κ1) is 14.9. The van der Waals surface area contributed by atoms with Gasteiger partial charge in [-0.05, 0) is 34.6 Å². The minimum absolute atomic E-state index is 0.0923. The second-order valence-electron chi connectivity index (χ2n) is 5.92. The van der Waals surface area contributed by atoms with E-state index in [9.17, 15) is 4.79 Å². The van der Waals surface area contributed by atoms with Gasteiger partial charge in [0.15, 0.2) is 5.43 Å². The Kier molecular flexibility index (Phi) is 5.11. The number of aromatic amines is 1. The van der Waals surface area contributed by atoms with Gasteiger partial charge >= 0.3 is 0 Å². The van der Waals surface area contributed by atoms with Crippen molar-refractivity contribution in [2.75, 3.05) is 6.54 Å². The van der Waals surface area contributed by atoms with Gasteiger partial charge in [-0.1, -0.05) is 0 Å². The summed E-state index contributed by atoms with van der Waals surface area (Å²) in [7, 11) is 0. The zero-order chi connectivity index (χ0) is 13.8. The predicted octanol–water partition coefficient (Wildman–Crippen LogP) is 1.55. The van der Waals surface area contributed by atoms with Crippen LogP contribution in [-0.4, -0.2) is 23.1 Å². The summed E-state index contributed by atoms with van der Waals surface area (Å²) >= 11 is 0. The molecule has 102 valence electrons. The lowest BCUT2D eigenvalue weighted by Crippen LogP contribution is -2.44. The van der Waals surface area contributed by atoms with E-state index in [0.29, 0.717) is 12.6 Å². The normalized spacial score (nSPS) is 13.6. The maximum atomic E-state index is 11.7. The molecule has 1 atom stereocenters. The van der Waals surface area contributed by atoms with Crippen molar-refractivity contribution < 1.29 is 0 Å². The van der Waals surface area contributed by atoms with Crippen molar-refractivity contribution in [3.05, 3.63) is 33.7 Å². The summed E-state index contributed by atoms with van der Waals surface area (Å²) < 4.78 is 0. The summed E-state index contributed by atoms with van der Waals surface area (Å²) in [5, 5.41) is 6.78. The molecule has 0 aromatic carbocycles. The van der Waals surface area contributed by atoms with Crippen molar-refractivity contribution in [3.8, 4) is 0 Å². The van der Waals surface area contributed by atoms with Crippen LogP contribution < -0.4 is 16.1 Å². The molecule has 1 aromatic rings. The molecular formula is C14H25N3O. The Morgan fingerprint density at radius 1 is 1.39 bits per heavy atom. The molecule has 0 aliphatic heterocycles. The van der Waals surface area contributed by atoms with Crippen LogP contribution in [0.5, 0.6) is 0 Å². The van der Waals surface area contributed by atoms with E-state index in [1.807, 2.05) is 6.92 Å². The van der Waals surface area contributed by atoms with Crippen LogP contribution in [0.3, 0.4) is 0 Å². The van der Waals surface area contributed by atoms with E-state index in [0.717, 1.165) is 17.8 Å². The van der Waals surface area contributed by atoms with Gasteiger partial charge < -0.3 is 15.6 Å². The van der Waals surface area contributed by atoms with Crippen LogP contribution in [0, 0.1) is 6.92 Å². The van der Waals surface area contributed by atoms with Crippen LogP contribution in [0.2, 0.25) is 0 Å². The Bertz CT molecular complexity index is 431. The highest BCUT2D eigenvalue weighted by Crippen LogP contribution is 1.98. The Morgan fingerprint density at radius 3 is 2.61 bits per heavy atom. The van der Waals surface area contributed by atoms with Gasteiger partial charge in [0.2, 0.25) is 0 Å². The van der Waals surface area contributed by atoms with E-state index in [-0.39, 0.29) is 11.0 Å². The van der Waals surface area contributed by atoms with Crippen LogP contribution in [0.1, 0.15) is 39.0 Å². The fraction of sp³-hybridized carbons (Fsp3) is 0.643. The van der Waals surface area contributed by atoms with Crippen molar-refractivity contribution in [2.24, 2.45) is 0 Å². The lowest BCUT2D eigenvalue weighted by atomic mass is 10.1. The van der Waals surface area contributed by atoms with Gasteiger partial charge in [0.25, 0.3) is 0 Å². The Hall–Kier alpha value is -1.13. The molecule has 18 heavy (non-hydrogen) atoms. The molecule has 1 unspecified atom stereocenters. The van der Waals surface area contributed by atoms with E-state index < -0.39 is 0 Å². The van der Waals surface area contributed by atoms with Crippen molar-refractivity contribution in [1.82, 2.24) is 15.6 Å². The number of aromatic nitrogens is 1. The highest BCUT2D eigenvalue weighted by atomic mass is 16.1. The summed E-state index contributed by atoms with van der Waals surface area (Å²) in [4.78, 5) is 14.8. The van der Waals surface area contributed by atoms with Crippen LogP contribution in [0.4, 0.5) is 0 Å². The van der Waals surface area contributed by atoms with Gasteiger partial charge in [0.05, 0.1) is 0 Å². The topological polar surface area (TPSA) is 56.9 Å². The number of nitrogens with one attached hydrogen (secondary N) is 3. The molecule has 4 heteroatoms. The van der Waals surface area contributed by atoms with E-state index in [1.54, 1.807) is 12.3 Å². The Labute approximate surface area is 109 Å². The zero-order valence-corrected chi connectivity index (χ0v) is 12.1. The summed E-state index contributed by atoms with van der Waals surface area (Å²) in [5.41, 5.74) is 1.89. The average molecular weight is 251 g/mol. The molecule has 0 fully saturated rings. The molecule has 0 saturated heterocycles. The van der Waals surface area contributed by atoms with Crippen molar-refractivity contribution in [3.63, 3.8) is 0 Å². The number of hydrogen-bond donors (Lipinski definition) is 3. The van der Waals surface area contributed by atoms with Gasteiger partial charge in [0, 0.05) is 48.2 Å². The molecule has 0 radical (unpaired) electrons. The Morgan fingerprint density at radius 2 is 2.06 bits per heavy atom. The summed E-state index contributed by atoms with van der Waals surface area (Å²) in [6.45, 7) is 11.9. The molecule has 0 aliphatic rings. The fourth-order valence-corrected chi connectivity index (χ4v) is 1.56. The molecular weight excluding hydrogens is 226 g/mol. The van der Waals surface area contributed by atoms with E-state index >= 15 is 0 Å². The third-order valence-electron chi connectivity index (χ3n) is 2.72. The number of aryl methyl sites for hydroxylation is 1. The minimum atomic E-state index is 0.0923. The maximum absolute atomic E-state index is 11.7. The minimum Gasteiger partial charge on any atom is -0.365 e. The van der Waals surface area contributed by atoms with E-state index in [4.69, 9.17) is 0 Å².